The summed E-state index contributed by atoms with van der Waals surface area (Å²) in [5, 5.41) is 3.85. The normalized spacial score (nSPS) is 14.9. The second-order valence-corrected chi connectivity index (χ2v) is 12.2. The Balaban J connectivity index is 1.94. The lowest BCUT2D eigenvalue weighted by atomic mass is 10.1. The van der Waals surface area contributed by atoms with Gasteiger partial charge in [-0.1, -0.05) is 54.2 Å². The lowest BCUT2D eigenvalue weighted by molar-refractivity contribution is -0.139. The summed E-state index contributed by atoms with van der Waals surface area (Å²) in [6.45, 7) is 4.92. The summed E-state index contributed by atoms with van der Waals surface area (Å²) in [6.07, 6.45) is 5.00. The van der Waals surface area contributed by atoms with Gasteiger partial charge < -0.3 is 10.2 Å². The highest BCUT2D eigenvalue weighted by Gasteiger charge is 2.32. The second-order valence-electron chi connectivity index (χ2n) is 9.41. The van der Waals surface area contributed by atoms with Crippen molar-refractivity contribution in [2.24, 2.45) is 0 Å². The quantitative estimate of drug-likeness (QED) is 0.480. The molecule has 196 valence electrons. The van der Waals surface area contributed by atoms with Gasteiger partial charge in [0, 0.05) is 22.6 Å². The number of benzene rings is 2. The SMILES string of the molecule is Cc1cccc(N(CC(=O)N(Cc2ccc(Cl)cc2Cl)[C@@H](C)C(=O)NC2CCCC2)S(C)(=O)=O)c1C. The molecule has 2 aromatic rings. The number of hydrogen-bond donors (Lipinski definition) is 1. The number of hydrogen-bond acceptors (Lipinski definition) is 4. The maximum Gasteiger partial charge on any atom is 0.244 e. The van der Waals surface area contributed by atoms with Crippen LogP contribution in [0.5, 0.6) is 0 Å². The number of rotatable bonds is 9. The Morgan fingerprint density at radius 2 is 1.78 bits per heavy atom. The topological polar surface area (TPSA) is 86.8 Å². The summed E-state index contributed by atoms with van der Waals surface area (Å²) >= 11 is 12.4. The van der Waals surface area contributed by atoms with Gasteiger partial charge in [0.1, 0.15) is 12.6 Å². The molecule has 0 bridgehead atoms. The molecule has 2 aromatic carbocycles. The molecule has 0 aliphatic heterocycles. The van der Waals surface area contributed by atoms with Crippen LogP contribution < -0.4 is 9.62 Å². The number of nitrogens with zero attached hydrogens (tertiary/aromatic N) is 2. The van der Waals surface area contributed by atoms with Crippen LogP contribution in [0.2, 0.25) is 10.0 Å². The number of nitrogens with one attached hydrogen (secondary N) is 1. The zero-order valence-electron chi connectivity index (χ0n) is 21.1. The van der Waals surface area contributed by atoms with Crippen molar-refractivity contribution in [2.45, 2.75) is 65.1 Å². The van der Waals surface area contributed by atoms with Crippen LogP contribution in [0.25, 0.3) is 0 Å². The van der Waals surface area contributed by atoms with Crippen LogP contribution in [-0.2, 0) is 26.2 Å². The predicted octanol–water partition coefficient (Wildman–Crippen LogP) is 4.85. The van der Waals surface area contributed by atoms with Crippen molar-refractivity contribution < 1.29 is 18.0 Å². The van der Waals surface area contributed by atoms with Crippen LogP contribution in [0.3, 0.4) is 0 Å². The van der Waals surface area contributed by atoms with Crippen molar-refractivity contribution in [3.63, 3.8) is 0 Å². The molecule has 0 spiro atoms. The van der Waals surface area contributed by atoms with Crippen LogP contribution in [0, 0.1) is 13.8 Å². The number of aryl methyl sites for hydroxylation is 1. The number of sulfonamides is 1. The monoisotopic (exact) mass is 553 g/mol. The van der Waals surface area contributed by atoms with Crippen molar-refractivity contribution in [1.29, 1.82) is 0 Å². The van der Waals surface area contributed by atoms with E-state index >= 15 is 0 Å². The molecule has 0 radical (unpaired) electrons. The highest BCUT2D eigenvalue weighted by molar-refractivity contribution is 7.92. The zero-order chi connectivity index (χ0) is 26.6. The van der Waals surface area contributed by atoms with E-state index in [4.69, 9.17) is 23.2 Å². The van der Waals surface area contributed by atoms with Crippen LogP contribution in [0.1, 0.15) is 49.3 Å². The molecule has 1 fully saturated rings. The van der Waals surface area contributed by atoms with Crippen LogP contribution in [-0.4, -0.2) is 50.0 Å². The Kier molecular flexibility index (Phi) is 9.30. The first-order valence-corrected chi connectivity index (χ1v) is 14.6. The Morgan fingerprint density at radius 1 is 1.11 bits per heavy atom. The Morgan fingerprint density at radius 3 is 2.39 bits per heavy atom. The van der Waals surface area contributed by atoms with Gasteiger partial charge in [-0.05, 0) is 68.5 Å². The third kappa shape index (κ3) is 6.93. The summed E-state index contributed by atoms with van der Waals surface area (Å²) < 4.78 is 26.6. The number of carbonyl (C=O) groups is 2. The van der Waals surface area contributed by atoms with E-state index in [-0.39, 0.29) is 18.5 Å². The molecule has 36 heavy (non-hydrogen) atoms. The van der Waals surface area contributed by atoms with Gasteiger partial charge in [0.05, 0.1) is 11.9 Å². The van der Waals surface area contributed by atoms with Crippen molar-refractivity contribution in [1.82, 2.24) is 10.2 Å². The molecule has 3 rings (SSSR count). The number of amides is 2. The molecule has 7 nitrogen and oxygen atoms in total. The number of halogens is 2. The minimum absolute atomic E-state index is 0.0263. The van der Waals surface area contributed by atoms with Gasteiger partial charge >= 0.3 is 0 Å². The summed E-state index contributed by atoms with van der Waals surface area (Å²) in [6, 6.07) is 9.48. The fourth-order valence-electron chi connectivity index (χ4n) is 4.41. The first-order chi connectivity index (χ1) is 16.9. The van der Waals surface area contributed by atoms with Crippen molar-refractivity contribution in [2.75, 3.05) is 17.1 Å². The van der Waals surface area contributed by atoms with Crippen molar-refractivity contribution in [3.8, 4) is 0 Å². The molecule has 1 aliphatic rings. The minimum Gasteiger partial charge on any atom is -0.352 e. The molecule has 1 N–H and O–H groups in total. The van der Waals surface area contributed by atoms with Crippen molar-refractivity contribution in [3.05, 3.63) is 63.1 Å². The molecule has 0 heterocycles. The smallest absolute Gasteiger partial charge is 0.244 e. The largest absolute Gasteiger partial charge is 0.352 e. The molecule has 1 saturated carbocycles. The fourth-order valence-corrected chi connectivity index (χ4v) is 5.78. The lowest BCUT2D eigenvalue weighted by Crippen LogP contribution is -2.52. The van der Waals surface area contributed by atoms with Gasteiger partial charge in [-0.15, -0.1) is 0 Å². The van der Waals surface area contributed by atoms with E-state index < -0.39 is 28.5 Å². The average Bonchev–Trinajstić information content (AvgIpc) is 3.31. The molecule has 0 unspecified atom stereocenters. The summed E-state index contributed by atoms with van der Waals surface area (Å²) in [5.74, 6) is -0.792. The van der Waals surface area contributed by atoms with Gasteiger partial charge in [0.25, 0.3) is 0 Å². The van der Waals surface area contributed by atoms with Gasteiger partial charge in [0.2, 0.25) is 21.8 Å². The molecule has 0 saturated heterocycles. The fraction of sp³-hybridized carbons (Fsp3) is 0.462. The van der Waals surface area contributed by atoms with Gasteiger partial charge in [-0.25, -0.2) is 8.42 Å². The summed E-state index contributed by atoms with van der Waals surface area (Å²) in [7, 11) is -3.80. The van der Waals surface area contributed by atoms with Crippen LogP contribution >= 0.6 is 23.2 Å². The predicted molar refractivity (Wildman–Crippen MR) is 145 cm³/mol. The maximum absolute atomic E-state index is 13.7. The molecular formula is C26H33Cl2N3O4S. The highest BCUT2D eigenvalue weighted by atomic mass is 35.5. The summed E-state index contributed by atoms with van der Waals surface area (Å²) in [4.78, 5) is 28.2. The van der Waals surface area contributed by atoms with Gasteiger partial charge in [0.15, 0.2) is 0 Å². The van der Waals surface area contributed by atoms with E-state index in [0.29, 0.717) is 21.3 Å². The molecular weight excluding hydrogens is 521 g/mol. The van der Waals surface area contributed by atoms with E-state index in [1.165, 1.54) is 4.90 Å². The van der Waals surface area contributed by atoms with Gasteiger partial charge in [-0.3, -0.25) is 13.9 Å². The molecule has 1 aliphatic carbocycles. The standard InChI is InChI=1S/C26H33Cl2N3O4S/c1-17-8-7-11-24(18(17)2)31(36(4,34)35)16-25(32)30(15-20-12-13-21(27)14-23(20)28)19(3)26(33)29-22-9-5-6-10-22/h7-8,11-14,19,22H,5-6,9-10,15-16H2,1-4H3,(H,29,33)/t19-/m0/s1. The van der Waals surface area contributed by atoms with E-state index in [1.807, 2.05) is 19.9 Å². The first kappa shape index (κ1) is 28.3. The lowest BCUT2D eigenvalue weighted by Gasteiger charge is -2.32. The Labute approximate surface area is 223 Å². The third-order valence-electron chi connectivity index (χ3n) is 6.75. The van der Waals surface area contributed by atoms with E-state index in [0.717, 1.165) is 47.4 Å². The van der Waals surface area contributed by atoms with E-state index in [9.17, 15) is 18.0 Å². The third-order valence-corrected chi connectivity index (χ3v) is 8.46. The summed E-state index contributed by atoms with van der Waals surface area (Å²) in [5.41, 5.74) is 2.70. The van der Waals surface area contributed by atoms with Crippen LogP contribution in [0.4, 0.5) is 5.69 Å². The first-order valence-electron chi connectivity index (χ1n) is 12.0. The van der Waals surface area contributed by atoms with Crippen LogP contribution in [0.15, 0.2) is 36.4 Å². The molecule has 1 atom stereocenters. The van der Waals surface area contributed by atoms with Crippen molar-refractivity contribution >= 4 is 50.7 Å². The number of carbonyl (C=O) groups excluding carboxylic acids is 2. The molecule has 0 aromatic heterocycles. The van der Waals surface area contributed by atoms with E-state index in [2.05, 4.69) is 5.32 Å². The number of anilines is 1. The highest BCUT2D eigenvalue weighted by Crippen LogP contribution is 2.27. The minimum atomic E-state index is -3.80. The maximum atomic E-state index is 13.7. The Hall–Kier alpha value is -2.29. The Bertz CT molecular complexity index is 1230. The van der Waals surface area contributed by atoms with Gasteiger partial charge in [-0.2, -0.15) is 0 Å². The second kappa shape index (κ2) is 11.8. The zero-order valence-corrected chi connectivity index (χ0v) is 23.4. The average molecular weight is 555 g/mol. The molecule has 10 heteroatoms. The van der Waals surface area contributed by atoms with E-state index in [1.54, 1.807) is 37.3 Å². The molecule has 2 amide bonds.